The van der Waals surface area contributed by atoms with Gasteiger partial charge < -0.3 is 15.1 Å². The number of carbonyl (C=O) groups excluding carboxylic acids is 1. The lowest BCUT2D eigenvalue weighted by atomic mass is 9.91. The SMILES string of the molecule is C[C@H]1CCc2c(ccc(C3=CN(C)NN3)c2OC2CCC2)N1C(=O)C1CC1. The molecule has 2 saturated carbocycles. The minimum Gasteiger partial charge on any atom is -0.489 e. The molecule has 2 N–H and O–H groups in total. The van der Waals surface area contributed by atoms with E-state index in [2.05, 4.69) is 34.9 Å². The number of amides is 1. The molecule has 0 radical (unpaired) electrons. The van der Waals surface area contributed by atoms with Crippen molar-refractivity contribution in [3.8, 4) is 5.75 Å². The Hall–Kier alpha value is -2.21. The first kappa shape index (κ1) is 16.9. The van der Waals surface area contributed by atoms with Gasteiger partial charge in [-0.05, 0) is 64.0 Å². The normalized spacial score (nSPS) is 24.8. The van der Waals surface area contributed by atoms with E-state index in [-0.39, 0.29) is 12.0 Å². The number of rotatable bonds is 4. The summed E-state index contributed by atoms with van der Waals surface area (Å²) in [4.78, 5) is 15.0. The number of fused-ring (bicyclic) bond motifs is 1. The van der Waals surface area contributed by atoms with Gasteiger partial charge in [0, 0.05) is 36.3 Å². The second-order valence-corrected chi connectivity index (χ2v) is 8.37. The van der Waals surface area contributed by atoms with Crippen molar-refractivity contribution >= 4 is 17.3 Å². The average Bonchev–Trinajstić information content (AvgIpc) is 3.38. The number of hydrazine groups is 2. The Labute approximate surface area is 160 Å². The molecule has 0 spiro atoms. The van der Waals surface area contributed by atoms with E-state index >= 15 is 0 Å². The Kier molecular flexibility index (Phi) is 4.04. The molecule has 0 unspecified atom stereocenters. The fourth-order valence-corrected chi connectivity index (χ4v) is 4.21. The van der Waals surface area contributed by atoms with Gasteiger partial charge in [-0.25, -0.2) is 0 Å². The first-order valence-electron chi connectivity index (χ1n) is 10.2. The lowest BCUT2D eigenvalue weighted by molar-refractivity contribution is -0.120. The highest BCUT2D eigenvalue weighted by molar-refractivity contribution is 5.99. The van der Waals surface area contributed by atoms with Gasteiger partial charge in [0.05, 0.1) is 17.5 Å². The molecule has 2 aliphatic carbocycles. The molecule has 6 nitrogen and oxygen atoms in total. The molecule has 2 aliphatic heterocycles. The van der Waals surface area contributed by atoms with Crippen LogP contribution in [-0.4, -0.2) is 30.1 Å². The number of hydrogen-bond acceptors (Lipinski definition) is 5. The fraction of sp³-hybridized carbons (Fsp3) is 0.571. The van der Waals surface area contributed by atoms with Crippen molar-refractivity contribution in [2.24, 2.45) is 5.92 Å². The average molecular weight is 368 g/mol. The molecular formula is C21H28N4O2. The Morgan fingerprint density at radius 1 is 1.19 bits per heavy atom. The molecule has 0 bridgehead atoms. The van der Waals surface area contributed by atoms with Crippen LogP contribution in [0.3, 0.4) is 0 Å². The molecule has 1 amide bonds. The summed E-state index contributed by atoms with van der Waals surface area (Å²) >= 11 is 0. The van der Waals surface area contributed by atoms with E-state index in [0.717, 1.165) is 61.2 Å². The Bertz CT molecular complexity index is 798. The molecule has 2 fully saturated rings. The zero-order valence-electron chi connectivity index (χ0n) is 16.1. The highest BCUT2D eigenvalue weighted by Crippen LogP contribution is 2.44. The maximum atomic E-state index is 13.0. The highest BCUT2D eigenvalue weighted by atomic mass is 16.5. The van der Waals surface area contributed by atoms with Crippen LogP contribution in [0.2, 0.25) is 0 Å². The molecule has 27 heavy (non-hydrogen) atoms. The van der Waals surface area contributed by atoms with E-state index in [1.165, 1.54) is 12.0 Å². The van der Waals surface area contributed by atoms with E-state index in [4.69, 9.17) is 4.74 Å². The zero-order chi connectivity index (χ0) is 18.5. The van der Waals surface area contributed by atoms with Gasteiger partial charge in [0.2, 0.25) is 5.91 Å². The molecule has 6 heteroatoms. The smallest absolute Gasteiger partial charge is 0.230 e. The van der Waals surface area contributed by atoms with Crippen molar-refractivity contribution in [1.82, 2.24) is 16.0 Å². The Balaban J connectivity index is 1.58. The third kappa shape index (κ3) is 2.96. The zero-order valence-corrected chi connectivity index (χ0v) is 16.1. The highest BCUT2D eigenvalue weighted by Gasteiger charge is 2.39. The van der Waals surface area contributed by atoms with Crippen molar-refractivity contribution in [3.63, 3.8) is 0 Å². The molecule has 0 saturated heterocycles. The van der Waals surface area contributed by atoms with Crippen LogP contribution < -0.4 is 20.6 Å². The quantitative estimate of drug-likeness (QED) is 0.856. The molecule has 5 rings (SSSR count). The summed E-state index contributed by atoms with van der Waals surface area (Å²) in [5, 5.41) is 1.90. The van der Waals surface area contributed by atoms with Gasteiger partial charge in [-0.2, -0.15) is 0 Å². The van der Waals surface area contributed by atoms with Crippen molar-refractivity contribution in [2.75, 3.05) is 11.9 Å². The van der Waals surface area contributed by atoms with Crippen LogP contribution in [0.25, 0.3) is 5.70 Å². The topological polar surface area (TPSA) is 56.8 Å². The first-order valence-corrected chi connectivity index (χ1v) is 10.2. The van der Waals surface area contributed by atoms with E-state index < -0.39 is 0 Å². The molecule has 1 aromatic carbocycles. The number of nitrogens with one attached hydrogen (secondary N) is 2. The number of ether oxygens (including phenoxy) is 1. The van der Waals surface area contributed by atoms with E-state index in [1.807, 2.05) is 18.3 Å². The lowest BCUT2D eigenvalue weighted by Crippen LogP contribution is -2.43. The van der Waals surface area contributed by atoms with Gasteiger partial charge in [0.25, 0.3) is 0 Å². The van der Waals surface area contributed by atoms with E-state index in [9.17, 15) is 4.79 Å². The van der Waals surface area contributed by atoms with Gasteiger partial charge in [0.1, 0.15) is 5.75 Å². The second kappa shape index (κ2) is 6.44. The predicted molar refractivity (Wildman–Crippen MR) is 105 cm³/mol. The van der Waals surface area contributed by atoms with Crippen LogP contribution in [0.1, 0.15) is 56.6 Å². The number of nitrogens with zero attached hydrogens (tertiary/aromatic N) is 2. The minimum absolute atomic E-state index is 0.228. The minimum atomic E-state index is 0.228. The van der Waals surface area contributed by atoms with Gasteiger partial charge in [-0.3, -0.25) is 9.80 Å². The standard InChI is InChI=1S/C21H28N4O2/c1-13-6-9-17-19(25(13)21(26)14-7-8-14)11-10-16(18-12-24(2)23-22-18)20(17)27-15-4-3-5-15/h10-15,22-23H,3-9H2,1-2H3/t13-/m0/s1. The molecule has 0 aromatic heterocycles. The molecule has 1 atom stereocenters. The predicted octanol–water partition coefficient (Wildman–Crippen LogP) is 2.95. The van der Waals surface area contributed by atoms with Gasteiger partial charge in [-0.15, -0.1) is 5.53 Å². The van der Waals surface area contributed by atoms with Crippen molar-refractivity contribution in [2.45, 2.75) is 64.0 Å². The summed E-state index contributed by atoms with van der Waals surface area (Å²) in [6, 6.07) is 4.48. The first-order chi connectivity index (χ1) is 13.1. The number of benzene rings is 1. The van der Waals surface area contributed by atoms with Crippen LogP contribution in [0.15, 0.2) is 18.3 Å². The largest absolute Gasteiger partial charge is 0.489 e. The maximum Gasteiger partial charge on any atom is 0.230 e. The molecule has 2 heterocycles. The van der Waals surface area contributed by atoms with Crippen LogP contribution in [0, 0.1) is 5.92 Å². The summed E-state index contributed by atoms with van der Waals surface area (Å²) in [6.45, 7) is 2.17. The monoisotopic (exact) mass is 368 g/mol. The van der Waals surface area contributed by atoms with E-state index in [1.54, 1.807) is 0 Å². The van der Waals surface area contributed by atoms with Crippen LogP contribution in [-0.2, 0) is 11.2 Å². The number of anilines is 1. The summed E-state index contributed by atoms with van der Waals surface area (Å²) < 4.78 is 6.50. The van der Waals surface area contributed by atoms with Crippen LogP contribution in [0.4, 0.5) is 5.69 Å². The van der Waals surface area contributed by atoms with Gasteiger partial charge in [0.15, 0.2) is 0 Å². The fourth-order valence-electron chi connectivity index (χ4n) is 4.21. The van der Waals surface area contributed by atoms with Gasteiger partial charge in [-0.1, -0.05) is 0 Å². The summed E-state index contributed by atoms with van der Waals surface area (Å²) in [6.07, 6.45) is 9.83. The molecular weight excluding hydrogens is 340 g/mol. The Morgan fingerprint density at radius 2 is 2.00 bits per heavy atom. The van der Waals surface area contributed by atoms with Crippen molar-refractivity contribution in [1.29, 1.82) is 0 Å². The second-order valence-electron chi connectivity index (χ2n) is 8.37. The summed E-state index contributed by atoms with van der Waals surface area (Å²) in [5.41, 5.74) is 10.7. The Morgan fingerprint density at radius 3 is 2.63 bits per heavy atom. The van der Waals surface area contributed by atoms with Gasteiger partial charge >= 0.3 is 0 Å². The number of carbonyl (C=O) groups is 1. The third-order valence-electron chi connectivity index (χ3n) is 6.23. The van der Waals surface area contributed by atoms with Crippen LogP contribution in [0.5, 0.6) is 5.75 Å². The molecule has 1 aromatic rings. The summed E-state index contributed by atoms with van der Waals surface area (Å²) in [7, 11) is 1.96. The van der Waals surface area contributed by atoms with E-state index in [0.29, 0.717) is 12.0 Å². The molecule has 144 valence electrons. The molecule has 4 aliphatic rings. The van der Waals surface area contributed by atoms with Crippen molar-refractivity contribution < 1.29 is 9.53 Å². The lowest BCUT2D eigenvalue weighted by Gasteiger charge is -2.38. The van der Waals surface area contributed by atoms with Crippen LogP contribution >= 0.6 is 0 Å². The third-order valence-corrected chi connectivity index (χ3v) is 6.23. The van der Waals surface area contributed by atoms with Crippen molar-refractivity contribution in [3.05, 3.63) is 29.5 Å². The maximum absolute atomic E-state index is 13.0. The number of hydrogen-bond donors (Lipinski definition) is 2. The summed E-state index contributed by atoms with van der Waals surface area (Å²) in [5.74, 6) is 1.49.